The van der Waals surface area contributed by atoms with Crippen molar-refractivity contribution in [1.82, 2.24) is 10.3 Å². The van der Waals surface area contributed by atoms with Gasteiger partial charge in [0.15, 0.2) is 0 Å². The number of nitrogens with two attached hydrogens (primary N) is 1. The Hall–Kier alpha value is -1.50. The normalized spacial score (nSPS) is 10.8. The van der Waals surface area contributed by atoms with Gasteiger partial charge in [0.25, 0.3) is 5.91 Å². The Morgan fingerprint density at radius 1 is 1.45 bits per heavy atom. The number of hydrogen-bond acceptors (Lipinski definition) is 4. The van der Waals surface area contributed by atoms with Gasteiger partial charge in [-0.3, -0.25) is 15.1 Å². The number of carbonyl (C=O) groups excluding carboxylic acids is 1. The Bertz CT molecular complexity index is 440. The maximum absolute atomic E-state index is 13.8. The summed E-state index contributed by atoms with van der Waals surface area (Å²) in [5.41, 5.74) is 2.77. The fourth-order valence-corrected chi connectivity index (χ4v) is 1.95. The van der Waals surface area contributed by atoms with Crippen LogP contribution in [0.3, 0.4) is 0 Å². The molecule has 6 heteroatoms. The molecule has 5 nitrogen and oxygen atoms in total. The van der Waals surface area contributed by atoms with Gasteiger partial charge in [0.05, 0.1) is 6.61 Å². The molecule has 0 radical (unpaired) electrons. The van der Waals surface area contributed by atoms with E-state index in [-0.39, 0.29) is 12.4 Å². The number of amides is 1. The van der Waals surface area contributed by atoms with E-state index in [1.807, 2.05) is 10.3 Å². The van der Waals surface area contributed by atoms with Crippen LogP contribution in [0, 0.1) is 5.82 Å². The lowest BCUT2D eigenvalue weighted by Crippen LogP contribution is -2.31. The van der Waals surface area contributed by atoms with Gasteiger partial charge < -0.3 is 5.11 Å². The van der Waals surface area contributed by atoms with E-state index in [1.165, 1.54) is 18.2 Å². The zero-order valence-electron chi connectivity index (χ0n) is 11.7. The highest BCUT2D eigenvalue weighted by Gasteiger charge is 2.12. The first-order valence-electron chi connectivity index (χ1n) is 6.75. The number of nitrogen functional groups attached to an aromatic ring is 1. The van der Waals surface area contributed by atoms with Crippen LogP contribution in [0.1, 0.15) is 35.7 Å². The molecule has 0 saturated heterocycles. The van der Waals surface area contributed by atoms with Crippen molar-refractivity contribution in [2.45, 2.75) is 26.3 Å². The minimum atomic E-state index is -0.450. The molecule has 112 valence electrons. The van der Waals surface area contributed by atoms with E-state index in [0.29, 0.717) is 24.2 Å². The van der Waals surface area contributed by atoms with E-state index in [2.05, 4.69) is 6.92 Å². The van der Waals surface area contributed by atoms with Crippen LogP contribution in [0.4, 0.5) is 4.39 Å². The van der Waals surface area contributed by atoms with Gasteiger partial charge in [-0.2, -0.15) is 0 Å². The smallest absolute Gasteiger partial charge is 0.265 e. The lowest BCUT2D eigenvalue weighted by atomic mass is 10.1. The molecule has 0 aliphatic rings. The van der Waals surface area contributed by atoms with Gasteiger partial charge in [-0.05, 0) is 31.2 Å². The van der Waals surface area contributed by atoms with Crippen molar-refractivity contribution in [2.75, 3.05) is 19.7 Å². The second kappa shape index (κ2) is 8.63. The largest absolute Gasteiger partial charge is 0.395 e. The third-order valence-corrected chi connectivity index (χ3v) is 3.08. The Labute approximate surface area is 118 Å². The summed E-state index contributed by atoms with van der Waals surface area (Å²) in [4.78, 5) is 13.4. The molecule has 0 aromatic heterocycles. The lowest BCUT2D eigenvalue weighted by Gasteiger charge is -2.21. The van der Waals surface area contributed by atoms with E-state index in [0.717, 1.165) is 19.4 Å². The van der Waals surface area contributed by atoms with Gasteiger partial charge in [-0.15, -0.1) is 0 Å². The lowest BCUT2D eigenvalue weighted by molar-refractivity contribution is 0.0953. The SMILES string of the molecule is CCCCN(CCO)Cc1cc(C(=O)NN)ccc1F. The van der Waals surface area contributed by atoms with Crippen molar-refractivity contribution in [3.8, 4) is 0 Å². The van der Waals surface area contributed by atoms with Crippen LogP contribution in [0.5, 0.6) is 0 Å². The molecule has 1 rings (SSSR count). The van der Waals surface area contributed by atoms with Crippen LogP contribution in [0.2, 0.25) is 0 Å². The molecule has 0 spiro atoms. The van der Waals surface area contributed by atoms with Crippen LogP contribution in [-0.4, -0.2) is 35.6 Å². The molecule has 0 aliphatic heterocycles. The fraction of sp³-hybridized carbons (Fsp3) is 0.500. The van der Waals surface area contributed by atoms with Gasteiger partial charge >= 0.3 is 0 Å². The Balaban J connectivity index is 2.84. The average molecular weight is 283 g/mol. The molecule has 0 bridgehead atoms. The summed E-state index contributed by atoms with van der Waals surface area (Å²) in [5, 5.41) is 9.05. The molecule has 0 heterocycles. The van der Waals surface area contributed by atoms with Crippen molar-refractivity contribution in [1.29, 1.82) is 0 Å². The zero-order valence-corrected chi connectivity index (χ0v) is 11.7. The summed E-state index contributed by atoms with van der Waals surface area (Å²) >= 11 is 0. The first kappa shape index (κ1) is 16.6. The second-order valence-corrected chi connectivity index (χ2v) is 4.63. The van der Waals surface area contributed by atoms with Gasteiger partial charge in [0, 0.05) is 24.2 Å². The summed E-state index contributed by atoms with van der Waals surface area (Å²) in [7, 11) is 0. The quantitative estimate of drug-likeness (QED) is 0.378. The topological polar surface area (TPSA) is 78.6 Å². The number of aliphatic hydroxyl groups excluding tert-OH is 1. The fourth-order valence-electron chi connectivity index (χ4n) is 1.95. The molecule has 1 amide bonds. The van der Waals surface area contributed by atoms with E-state index in [4.69, 9.17) is 10.9 Å². The summed E-state index contributed by atoms with van der Waals surface area (Å²) in [6.45, 7) is 3.72. The Kier molecular flexibility index (Phi) is 7.14. The highest BCUT2D eigenvalue weighted by Crippen LogP contribution is 2.14. The highest BCUT2D eigenvalue weighted by atomic mass is 19.1. The first-order chi connectivity index (χ1) is 9.62. The predicted molar refractivity (Wildman–Crippen MR) is 75.3 cm³/mol. The molecule has 0 fully saturated rings. The monoisotopic (exact) mass is 283 g/mol. The molecule has 0 atom stereocenters. The van der Waals surface area contributed by atoms with Gasteiger partial charge in [-0.1, -0.05) is 13.3 Å². The summed E-state index contributed by atoms with van der Waals surface area (Å²) in [5.74, 6) is 4.26. The number of aliphatic hydroxyl groups is 1. The third-order valence-electron chi connectivity index (χ3n) is 3.08. The van der Waals surface area contributed by atoms with Crippen molar-refractivity contribution in [2.24, 2.45) is 5.84 Å². The molecule has 0 aliphatic carbocycles. The van der Waals surface area contributed by atoms with E-state index in [9.17, 15) is 9.18 Å². The molecular weight excluding hydrogens is 261 g/mol. The Morgan fingerprint density at radius 3 is 2.80 bits per heavy atom. The number of rotatable bonds is 8. The molecule has 0 unspecified atom stereocenters. The number of carbonyl (C=O) groups is 1. The minimum Gasteiger partial charge on any atom is -0.395 e. The van der Waals surface area contributed by atoms with Crippen LogP contribution in [0.15, 0.2) is 18.2 Å². The van der Waals surface area contributed by atoms with Crippen LogP contribution in [-0.2, 0) is 6.54 Å². The number of hydrazine groups is 1. The van der Waals surface area contributed by atoms with E-state index in [1.54, 1.807) is 0 Å². The molecule has 4 N–H and O–H groups in total. The highest BCUT2D eigenvalue weighted by molar-refractivity contribution is 5.93. The van der Waals surface area contributed by atoms with E-state index < -0.39 is 5.91 Å². The second-order valence-electron chi connectivity index (χ2n) is 4.63. The zero-order chi connectivity index (χ0) is 15.0. The van der Waals surface area contributed by atoms with Gasteiger partial charge in [0.1, 0.15) is 5.82 Å². The first-order valence-corrected chi connectivity index (χ1v) is 6.75. The number of nitrogens with one attached hydrogen (secondary N) is 1. The maximum atomic E-state index is 13.8. The van der Waals surface area contributed by atoms with Crippen molar-refractivity contribution >= 4 is 5.91 Å². The summed E-state index contributed by atoms with van der Waals surface area (Å²) < 4.78 is 13.8. The van der Waals surface area contributed by atoms with Crippen LogP contribution < -0.4 is 11.3 Å². The minimum absolute atomic E-state index is 0.0221. The number of halogens is 1. The van der Waals surface area contributed by atoms with E-state index >= 15 is 0 Å². The number of unbranched alkanes of at least 4 members (excludes halogenated alkanes) is 1. The number of benzene rings is 1. The predicted octanol–water partition coefficient (Wildman–Crippen LogP) is 1.02. The number of nitrogens with zero attached hydrogens (tertiary/aromatic N) is 1. The maximum Gasteiger partial charge on any atom is 0.265 e. The molecule has 1 aromatic rings. The van der Waals surface area contributed by atoms with Crippen LogP contribution >= 0.6 is 0 Å². The average Bonchev–Trinajstić information content (AvgIpc) is 2.46. The molecule has 20 heavy (non-hydrogen) atoms. The Morgan fingerprint density at radius 2 is 2.20 bits per heavy atom. The molecular formula is C14H22FN3O2. The van der Waals surface area contributed by atoms with Crippen molar-refractivity contribution < 1.29 is 14.3 Å². The standard InChI is InChI=1S/C14H22FN3O2/c1-2-3-6-18(7-8-19)10-12-9-11(14(20)17-16)4-5-13(12)15/h4-5,9,19H,2-3,6-8,10,16H2,1H3,(H,17,20). The van der Waals surface area contributed by atoms with Gasteiger partial charge in [0.2, 0.25) is 0 Å². The third kappa shape index (κ3) is 4.88. The van der Waals surface area contributed by atoms with Crippen molar-refractivity contribution in [3.63, 3.8) is 0 Å². The molecule has 1 aromatic carbocycles. The summed E-state index contributed by atoms with van der Waals surface area (Å²) in [6, 6.07) is 4.15. The van der Waals surface area contributed by atoms with Crippen LogP contribution in [0.25, 0.3) is 0 Å². The van der Waals surface area contributed by atoms with Crippen molar-refractivity contribution in [3.05, 3.63) is 35.1 Å². The van der Waals surface area contributed by atoms with Gasteiger partial charge in [-0.25, -0.2) is 10.2 Å². The summed E-state index contributed by atoms with van der Waals surface area (Å²) in [6.07, 6.45) is 2.00. The number of hydrogen-bond donors (Lipinski definition) is 3. The molecule has 0 saturated carbocycles.